The Morgan fingerprint density at radius 2 is 2.41 bits per heavy atom. The Morgan fingerprint density at radius 3 is 3.12 bits per heavy atom. The minimum atomic E-state index is 0.598. The highest BCUT2D eigenvalue weighted by atomic mass is 15.2. The lowest BCUT2D eigenvalue weighted by Gasteiger charge is -2.04. The van der Waals surface area contributed by atoms with E-state index in [1.165, 1.54) is 0 Å². The van der Waals surface area contributed by atoms with E-state index in [1.54, 1.807) is 24.7 Å². The van der Waals surface area contributed by atoms with Crippen molar-refractivity contribution in [2.75, 3.05) is 11.9 Å². The molecule has 17 heavy (non-hydrogen) atoms. The summed E-state index contributed by atoms with van der Waals surface area (Å²) in [5, 5.41) is 19.7. The average molecular weight is 228 g/mol. The second-order valence-corrected chi connectivity index (χ2v) is 3.58. The van der Waals surface area contributed by atoms with E-state index in [-0.39, 0.29) is 0 Å². The van der Waals surface area contributed by atoms with Gasteiger partial charge in [-0.1, -0.05) is 0 Å². The standard InChI is InChI=1S/C11H12N6/c1-17-8-15-16-11(17)3-5-14-10-6-9(7-12)2-4-13-10/h2,4,6,8H,3,5H2,1H3,(H,13,14). The number of nitrogens with one attached hydrogen (secondary N) is 1. The van der Waals surface area contributed by atoms with E-state index in [0.717, 1.165) is 12.2 Å². The smallest absolute Gasteiger partial charge is 0.134 e. The first-order valence-corrected chi connectivity index (χ1v) is 5.22. The van der Waals surface area contributed by atoms with Crippen LogP contribution in [0.5, 0.6) is 0 Å². The first kappa shape index (κ1) is 11.1. The van der Waals surface area contributed by atoms with Crippen LogP contribution in [0, 0.1) is 11.3 Å². The molecule has 0 aliphatic heterocycles. The number of aromatic nitrogens is 4. The van der Waals surface area contributed by atoms with Gasteiger partial charge >= 0.3 is 0 Å². The molecular weight excluding hydrogens is 216 g/mol. The van der Waals surface area contributed by atoms with Gasteiger partial charge in [0, 0.05) is 26.2 Å². The van der Waals surface area contributed by atoms with E-state index in [1.807, 2.05) is 11.6 Å². The highest BCUT2D eigenvalue weighted by Crippen LogP contribution is 2.05. The molecule has 0 saturated heterocycles. The maximum atomic E-state index is 8.75. The Labute approximate surface area is 98.9 Å². The van der Waals surface area contributed by atoms with E-state index in [0.29, 0.717) is 17.9 Å². The van der Waals surface area contributed by atoms with Gasteiger partial charge < -0.3 is 9.88 Å². The van der Waals surface area contributed by atoms with Crippen molar-refractivity contribution in [1.82, 2.24) is 19.7 Å². The van der Waals surface area contributed by atoms with E-state index in [9.17, 15) is 0 Å². The normalized spacial score (nSPS) is 9.88. The predicted octanol–water partition coefficient (Wildman–Crippen LogP) is 0.736. The molecule has 86 valence electrons. The topological polar surface area (TPSA) is 79.4 Å². The summed E-state index contributed by atoms with van der Waals surface area (Å²) in [6.45, 7) is 0.703. The SMILES string of the molecule is Cn1cnnc1CCNc1cc(C#N)ccn1. The van der Waals surface area contributed by atoms with Gasteiger partial charge in [0.05, 0.1) is 11.6 Å². The molecule has 0 aliphatic carbocycles. The van der Waals surface area contributed by atoms with Gasteiger partial charge in [0.2, 0.25) is 0 Å². The molecule has 0 unspecified atom stereocenters. The largest absolute Gasteiger partial charge is 0.370 e. The van der Waals surface area contributed by atoms with Gasteiger partial charge in [0.1, 0.15) is 18.0 Å². The molecule has 0 spiro atoms. The lowest BCUT2D eigenvalue weighted by Crippen LogP contribution is -2.09. The number of hydrogen-bond acceptors (Lipinski definition) is 5. The van der Waals surface area contributed by atoms with Crippen molar-refractivity contribution in [3.05, 3.63) is 36.0 Å². The molecule has 6 nitrogen and oxygen atoms in total. The van der Waals surface area contributed by atoms with Crippen LogP contribution in [0.15, 0.2) is 24.7 Å². The van der Waals surface area contributed by atoms with Crippen LogP contribution in [0.1, 0.15) is 11.4 Å². The number of rotatable bonds is 4. The Kier molecular flexibility index (Phi) is 3.31. The number of nitriles is 1. The molecule has 0 radical (unpaired) electrons. The molecule has 2 aromatic rings. The number of aryl methyl sites for hydroxylation is 1. The number of nitrogens with zero attached hydrogens (tertiary/aromatic N) is 5. The van der Waals surface area contributed by atoms with Crippen molar-refractivity contribution in [3.63, 3.8) is 0 Å². The Hall–Kier alpha value is -2.42. The van der Waals surface area contributed by atoms with Crippen molar-refractivity contribution in [2.45, 2.75) is 6.42 Å². The third-order valence-electron chi connectivity index (χ3n) is 2.35. The summed E-state index contributed by atoms with van der Waals surface area (Å²) in [4.78, 5) is 4.12. The lowest BCUT2D eigenvalue weighted by atomic mass is 10.3. The summed E-state index contributed by atoms with van der Waals surface area (Å²) in [5.41, 5.74) is 0.598. The molecule has 0 atom stereocenters. The molecule has 0 saturated carbocycles. The molecule has 2 rings (SSSR count). The molecule has 0 amide bonds. The highest BCUT2D eigenvalue weighted by Gasteiger charge is 2.00. The number of anilines is 1. The van der Waals surface area contributed by atoms with Gasteiger partial charge in [-0.05, 0) is 12.1 Å². The first-order valence-electron chi connectivity index (χ1n) is 5.22. The summed E-state index contributed by atoms with van der Waals surface area (Å²) in [5.74, 6) is 1.61. The van der Waals surface area contributed by atoms with Gasteiger partial charge in [-0.25, -0.2) is 4.98 Å². The van der Waals surface area contributed by atoms with Gasteiger partial charge in [-0.3, -0.25) is 0 Å². The fraction of sp³-hybridized carbons (Fsp3) is 0.273. The van der Waals surface area contributed by atoms with Crippen LogP contribution >= 0.6 is 0 Å². The summed E-state index contributed by atoms with van der Waals surface area (Å²) < 4.78 is 1.88. The Morgan fingerprint density at radius 1 is 1.53 bits per heavy atom. The molecule has 6 heteroatoms. The van der Waals surface area contributed by atoms with Gasteiger partial charge in [-0.2, -0.15) is 5.26 Å². The summed E-state index contributed by atoms with van der Waals surface area (Å²) >= 11 is 0. The molecule has 0 fully saturated rings. The van der Waals surface area contributed by atoms with Crippen molar-refractivity contribution in [1.29, 1.82) is 5.26 Å². The molecule has 0 aromatic carbocycles. The minimum Gasteiger partial charge on any atom is -0.370 e. The highest BCUT2D eigenvalue weighted by molar-refractivity contribution is 5.42. The zero-order valence-corrected chi connectivity index (χ0v) is 9.46. The van der Waals surface area contributed by atoms with Crippen molar-refractivity contribution >= 4 is 5.82 Å². The van der Waals surface area contributed by atoms with E-state index < -0.39 is 0 Å². The third kappa shape index (κ3) is 2.78. The van der Waals surface area contributed by atoms with Crippen LogP contribution in [-0.4, -0.2) is 26.3 Å². The summed E-state index contributed by atoms with van der Waals surface area (Å²) in [6.07, 6.45) is 4.04. The molecular formula is C11H12N6. The second kappa shape index (κ2) is 5.07. The zero-order valence-electron chi connectivity index (χ0n) is 9.46. The van der Waals surface area contributed by atoms with Crippen LogP contribution < -0.4 is 5.32 Å². The predicted molar refractivity (Wildman–Crippen MR) is 62.1 cm³/mol. The molecule has 2 heterocycles. The Bertz CT molecular complexity index is 539. The number of hydrogen-bond donors (Lipinski definition) is 1. The van der Waals surface area contributed by atoms with Gasteiger partial charge in [0.15, 0.2) is 0 Å². The lowest BCUT2D eigenvalue weighted by molar-refractivity contribution is 0.787. The van der Waals surface area contributed by atoms with Crippen LogP contribution in [0.2, 0.25) is 0 Å². The minimum absolute atomic E-state index is 0.598. The Balaban J connectivity index is 1.90. The van der Waals surface area contributed by atoms with Gasteiger partial charge in [-0.15, -0.1) is 10.2 Å². The van der Waals surface area contributed by atoms with Crippen LogP contribution in [0.25, 0.3) is 0 Å². The molecule has 0 bridgehead atoms. The van der Waals surface area contributed by atoms with Crippen LogP contribution in [0.4, 0.5) is 5.82 Å². The van der Waals surface area contributed by atoms with Crippen molar-refractivity contribution in [3.8, 4) is 6.07 Å². The molecule has 1 N–H and O–H groups in total. The average Bonchev–Trinajstić information content (AvgIpc) is 2.76. The molecule has 2 aromatic heterocycles. The summed E-state index contributed by atoms with van der Waals surface area (Å²) in [6, 6.07) is 5.47. The monoisotopic (exact) mass is 228 g/mol. The fourth-order valence-corrected chi connectivity index (χ4v) is 1.43. The zero-order chi connectivity index (χ0) is 12.1. The first-order chi connectivity index (χ1) is 8.29. The quantitative estimate of drug-likeness (QED) is 0.834. The van der Waals surface area contributed by atoms with Crippen molar-refractivity contribution in [2.24, 2.45) is 7.05 Å². The number of pyridine rings is 1. The van der Waals surface area contributed by atoms with Crippen molar-refractivity contribution < 1.29 is 0 Å². The van der Waals surface area contributed by atoms with Crippen LogP contribution in [0.3, 0.4) is 0 Å². The second-order valence-electron chi connectivity index (χ2n) is 3.58. The third-order valence-corrected chi connectivity index (χ3v) is 2.35. The van der Waals surface area contributed by atoms with E-state index in [4.69, 9.17) is 5.26 Å². The summed E-state index contributed by atoms with van der Waals surface area (Å²) in [7, 11) is 1.91. The van der Waals surface area contributed by atoms with Crippen LogP contribution in [-0.2, 0) is 13.5 Å². The van der Waals surface area contributed by atoms with E-state index >= 15 is 0 Å². The fourth-order valence-electron chi connectivity index (χ4n) is 1.43. The van der Waals surface area contributed by atoms with E-state index in [2.05, 4.69) is 26.6 Å². The van der Waals surface area contributed by atoms with Gasteiger partial charge in [0.25, 0.3) is 0 Å². The maximum Gasteiger partial charge on any atom is 0.134 e. The molecule has 0 aliphatic rings. The maximum absolute atomic E-state index is 8.75.